The summed E-state index contributed by atoms with van der Waals surface area (Å²) in [5.41, 5.74) is 5.99. The van der Waals surface area contributed by atoms with Gasteiger partial charge in [0.05, 0.1) is 0 Å². The Labute approximate surface area is 200 Å². The van der Waals surface area contributed by atoms with Crippen LogP contribution in [0.1, 0.15) is 37.7 Å². The van der Waals surface area contributed by atoms with Gasteiger partial charge in [0.1, 0.15) is 5.54 Å². The second-order valence-electron chi connectivity index (χ2n) is 7.92. The zero-order valence-electron chi connectivity index (χ0n) is 17.2. The molecule has 0 saturated carbocycles. The van der Waals surface area contributed by atoms with Gasteiger partial charge in [0.15, 0.2) is 11.5 Å². The first kappa shape index (κ1) is 28.1. The number of carbonyl (C=O) groups is 1. The van der Waals surface area contributed by atoms with Crippen LogP contribution in [0.2, 0.25) is 11.3 Å². The van der Waals surface area contributed by atoms with Gasteiger partial charge in [-0.15, -0.1) is 24.8 Å². The van der Waals surface area contributed by atoms with Crippen LogP contribution < -0.4 is 15.2 Å². The van der Waals surface area contributed by atoms with Crippen LogP contribution in [0, 0.1) is 5.92 Å². The Hall–Kier alpha value is -0.935. The number of unbranched alkanes of at least 4 members (excludes halogenated alkanes) is 1. The summed E-state index contributed by atoms with van der Waals surface area (Å²) in [7, 11) is -1.36. The Balaban J connectivity index is 0.00000240. The smallest absolute Gasteiger partial charge is 0.451 e. The zero-order chi connectivity index (χ0) is 21.0. The molecule has 1 saturated heterocycles. The first-order chi connectivity index (χ1) is 13.8. The SMILES string of the molecule is Cl.Cl.NC(CCCCB(O)O)(C(=O)O)C1CCN(Cc2cc3c(cc2Cl)OCO3)CC1. The molecule has 0 bridgehead atoms. The van der Waals surface area contributed by atoms with Crippen molar-refractivity contribution < 1.29 is 29.4 Å². The highest BCUT2D eigenvalue weighted by molar-refractivity contribution is 6.40. The first-order valence-electron chi connectivity index (χ1n) is 9.98. The summed E-state index contributed by atoms with van der Waals surface area (Å²) in [5.74, 6) is 0.238. The highest BCUT2D eigenvalue weighted by atomic mass is 35.5. The van der Waals surface area contributed by atoms with Gasteiger partial charge >= 0.3 is 13.1 Å². The van der Waals surface area contributed by atoms with Gasteiger partial charge < -0.3 is 30.4 Å². The van der Waals surface area contributed by atoms with Crippen LogP contribution in [-0.2, 0) is 11.3 Å². The van der Waals surface area contributed by atoms with E-state index in [0.717, 1.165) is 18.7 Å². The molecule has 8 nitrogen and oxygen atoms in total. The molecule has 31 heavy (non-hydrogen) atoms. The predicted molar refractivity (Wildman–Crippen MR) is 123 cm³/mol. The van der Waals surface area contributed by atoms with E-state index in [9.17, 15) is 9.90 Å². The number of hydrogen-bond acceptors (Lipinski definition) is 7. The predicted octanol–water partition coefficient (Wildman–Crippen LogP) is 2.55. The molecule has 1 fully saturated rings. The number of rotatable bonds is 9. The largest absolute Gasteiger partial charge is 0.480 e. The van der Waals surface area contributed by atoms with E-state index in [-0.39, 0.29) is 43.8 Å². The molecule has 176 valence electrons. The molecule has 0 amide bonds. The van der Waals surface area contributed by atoms with Crippen molar-refractivity contribution in [3.05, 3.63) is 22.7 Å². The fraction of sp³-hybridized carbons (Fsp3) is 0.632. The molecule has 1 aromatic rings. The number of carboxylic acid groups (broad SMARTS) is 1. The number of nitrogens with zero attached hydrogens (tertiary/aromatic N) is 1. The summed E-state index contributed by atoms with van der Waals surface area (Å²) < 4.78 is 10.8. The van der Waals surface area contributed by atoms with E-state index < -0.39 is 18.6 Å². The molecule has 0 radical (unpaired) electrons. The fourth-order valence-corrected chi connectivity index (χ4v) is 4.37. The molecule has 5 N–H and O–H groups in total. The van der Waals surface area contributed by atoms with E-state index in [1.54, 1.807) is 6.07 Å². The minimum atomic E-state index is -1.36. The summed E-state index contributed by atoms with van der Waals surface area (Å²) >= 11 is 6.37. The van der Waals surface area contributed by atoms with Crippen molar-refractivity contribution in [2.24, 2.45) is 11.7 Å². The molecule has 1 unspecified atom stereocenters. The first-order valence-corrected chi connectivity index (χ1v) is 10.4. The van der Waals surface area contributed by atoms with Crippen molar-refractivity contribution in [1.82, 2.24) is 4.90 Å². The second kappa shape index (κ2) is 12.3. The van der Waals surface area contributed by atoms with Crippen LogP contribution in [0.3, 0.4) is 0 Å². The monoisotopic (exact) mass is 498 g/mol. The summed E-state index contributed by atoms with van der Waals surface area (Å²) in [6, 6.07) is 3.67. The zero-order valence-corrected chi connectivity index (χ0v) is 19.6. The number of aliphatic carboxylic acids is 1. The van der Waals surface area contributed by atoms with Gasteiger partial charge in [-0.3, -0.25) is 9.69 Å². The Bertz CT molecular complexity index is 737. The fourth-order valence-electron chi connectivity index (χ4n) is 4.16. The molecule has 0 aliphatic carbocycles. The summed E-state index contributed by atoms with van der Waals surface area (Å²) in [4.78, 5) is 14.1. The third kappa shape index (κ3) is 7.02. The minimum absolute atomic E-state index is 0. The molecule has 1 atom stereocenters. The van der Waals surface area contributed by atoms with Crippen LogP contribution in [0.15, 0.2) is 12.1 Å². The lowest BCUT2D eigenvalue weighted by atomic mass is 9.74. The molecule has 1 aromatic carbocycles. The van der Waals surface area contributed by atoms with Crippen LogP contribution in [0.25, 0.3) is 0 Å². The molecule has 12 heteroatoms. The maximum absolute atomic E-state index is 11.9. The highest BCUT2D eigenvalue weighted by Gasteiger charge is 2.43. The van der Waals surface area contributed by atoms with Crippen LogP contribution in [0.4, 0.5) is 0 Å². The van der Waals surface area contributed by atoms with Crippen molar-refractivity contribution in [2.75, 3.05) is 19.9 Å². The second-order valence-corrected chi connectivity index (χ2v) is 8.33. The molecule has 0 spiro atoms. The highest BCUT2D eigenvalue weighted by Crippen LogP contribution is 2.38. The van der Waals surface area contributed by atoms with Crippen LogP contribution in [0.5, 0.6) is 11.5 Å². The number of likely N-dealkylation sites (tertiary alicyclic amines) is 1. The van der Waals surface area contributed by atoms with Gasteiger partial charge in [-0.1, -0.05) is 24.4 Å². The maximum atomic E-state index is 11.9. The van der Waals surface area contributed by atoms with Crippen LogP contribution in [-0.4, -0.2) is 58.6 Å². The third-order valence-electron chi connectivity index (χ3n) is 5.95. The molecule has 2 heterocycles. The summed E-state index contributed by atoms with van der Waals surface area (Å²) in [6.07, 6.45) is 3.01. The third-order valence-corrected chi connectivity index (χ3v) is 6.30. The number of carboxylic acids is 1. The average Bonchev–Trinajstić information content (AvgIpc) is 3.12. The van der Waals surface area contributed by atoms with Gasteiger partial charge in [0.2, 0.25) is 6.79 Å². The van der Waals surface area contributed by atoms with Crippen molar-refractivity contribution in [1.29, 1.82) is 0 Å². The number of fused-ring (bicyclic) bond motifs is 1. The topological polar surface area (TPSA) is 125 Å². The maximum Gasteiger partial charge on any atom is 0.451 e. The van der Waals surface area contributed by atoms with Gasteiger partial charge in [-0.25, -0.2) is 0 Å². The quantitative estimate of drug-likeness (QED) is 0.302. The Kier molecular flexibility index (Phi) is 11.2. The summed E-state index contributed by atoms with van der Waals surface area (Å²) in [5, 5.41) is 28.2. The standard InChI is InChI=1S/C19H28BClN2O6.2ClH/c21-15-10-17-16(28-12-29-17)9-13(15)11-23-7-3-14(4-8-23)19(22,18(24)25)5-1-2-6-20(26)27;;/h9-10,14,26-27H,1-8,11-12,22H2,(H,24,25);2*1H. The van der Waals surface area contributed by atoms with Gasteiger partial charge in [0, 0.05) is 17.6 Å². The normalized spacial score (nSPS) is 17.9. The number of hydrogen-bond donors (Lipinski definition) is 4. The lowest BCUT2D eigenvalue weighted by Gasteiger charge is -2.40. The number of halogens is 3. The van der Waals surface area contributed by atoms with Crippen LogP contribution >= 0.6 is 36.4 Å². The Morgan fingerprint density at radius 1 is 1.19 bits per heavy atom. The lowest BCUT2D eigenvalue weighted by molar-refractivity contribution is -0.147. The Morgan fingerprint density at radius 2 is 1.81 bits per heavy atom. The van der Waals surface area contributed by atoms with E-state index in [0.29, 0.717) is 55.2 Å². The molecule has 2 aliphatic heterocycles. The molecule has 3 rings (SSSR count). The van der Waals surface area contributed by atoms with E-state index in [1.807, 2.05) is 6.07 Å². The molecular weight excluding hydrogens is 469 g/mol. The van der Waals surface area contributed by atoms with Crippen molar-refractivity contribution in [3.8, 4) is 11.5 Å². The van der Waals surface area contributed by atoms with Gasteiger partial charge in [-0.05, 0) is 56.2 Å². The van der Waals surface area contributed by atoms with Crippen molar-refractivity contribution >= 4 is 49.5 Å². The number of ether oxygens (including phenoxy) is 2. The van der Waals surface area contributed by atoms with Crippen molar-refractivity contribution in [2.45, 2.75) is 50.5 Å². The summed E-state index contributed by atoms with van der Waals surface area (Å²) in [6.45, 7) is 2.32. The molecule has 2 aliphatic rings. The molecular formula is C19H30BCl3N2O6. The van der Waals surface area contributed by atoms with E-state index >= 15 is 0 Å². The van der Waals surface area contributed by atoms with Gasteiger partial charge in [0.25, 0.3) is 0 Å². The minimum Gasteiger partial charge on any atom is -0.480 e. The van der Waals surface area contributed by atoms with Crippen molar-refractivity contribution in [3.63, 3.8) is 0 Å². The Morgan fingerprint density at radius 3 is 2.39 bits per heavy atom. The number of piperidine rings is 1. The van der Waals surface area contributed by atoms with E-state index in [4.69, 9.17) is 36.9 Å². The van der Waals surface area contributed by atoms with E-state index in [2.05, 4.69) is 4.90 Å². The lowest BCUT2D eigenvalue weighted by Crippen LogP contribution is -2.56. The average molecular weight is 500 g/mol. The van der Waals surface area contributed by atoms with E-state index in [1.165, 1.54) is 0 Å². The van der Waals surface area contributed by atoms with Gasteiger partial charge in [-0.2, -0.15) is 0 Å². The number of nitrogens with two attached hydrogens (primary N) is 1. The molecule has 0 aromatic heterocycles. The number of benzene rings is 1.